The van der Waals surface area contributed by atoms with Gasteiger partial charge in [-0.25, -0.2) is 4.98 Å². The molecule has 2 rings (SSSR count). The maximum Gasteiger partial charge on any atom is 0.257 e. The predicted molar refractivity (Wildman–Crippen MR) is 70.0 cm³/mol. The zero-order valence-electron chi connectivity index (χ0n) is 9.77. The number of amides is 1. The van der Waals surface area contributed by atoms with E-state index in [0.717, 1.165) is 19.3 Å². The number of carbonyl (C=O) groups excluding carboxylic acids is 1. The SMILES string of the molecule is O=C(c1ccc(Cl)nc1Cl)N1CCCCC1CO. The van der Waals surface area contributed by atoms with E-state index in [1.807, 2.05) is 0 Å². The third-order valence-corrected chi connectivity index (χ3v) is 3.64. The Morgan fingerprint density at radius 2 is 2.22 bits per heavy atom. The molecular formula is C12H14Cl2N2O2. The first kappa shape index (κ1) is 13.6. The van der Waals surface area contributed by atoms with Crippen LogP contribution in [0.2, 0.25) is 10.3 Å². The fourth-order valence-electron chi connectivity index (χ4n) is 2.18. The van der Waals surface area contributed by atoms with Gasteiger partial charge in [-0.2, -0.15) is 0 Å². The number of carbonyl (C=O) groups is 1. The van der Waals surface area contributed by atoms with Crippen molar-refractivity contribution in [1.82, 2.24) is 9.88 Å². The summed E-state index contributed by atoms with van der Waals surface area (Å²) in [5.41, 5.74) is 0.335. The summed E-state index contributed by atoms with van der Waals surface area (Å²) in [7, 11) is 0. The van der Waals surface area contributed by atoms with E-state index >= 15 is 0 Å². The van der Waals surface area contributed by atoms with E-state index < -0.39 is 0 Å². The number of aliphatic hydroxyl groups excluding tert-OH is 1. The lowest BCUT2D eigenvalue weighted by Gasteiger charge is -2.34. The van der Waals surface area contributed by atoms with E-state index in [0.29, 0.717) is 12.1 Å². The number of nitrogens with zero attached hydrogens (tertiary/aromatic N) is 2. The van der Waals surface area contributed by atoms with Gasteiger partial charge in [-0.1, -0.05) is 23.2 Å². The Hall–Kier alpha value is -0.840. The largest absolute Gasteiger partial charge is 0.394 e. The molecule has 1 saturated heterocycles. The van der Waals surface area contributed by atoms with Crippen molar-refractivity contribution >= 4 is 29.1 Å². The van der Waals surface area contributed by atoms with Crippen molar-refractivity contribution in [3.8, 4) is 0 Å². The molecule has 0 aromatic carbocycles. The zero-order chi connectivity index (χ0) is 13.1. The number of aromatic nitrogens is 1. The second kappa shape index (κ2) is 5.87. The first-order valence-corrected chi connectivity index (χ1v) is 6.63. The minimum absolute atomic E-state index is 0.0234. The first-order valence-electron chi connectivity index (χ1n) is 5.87. The van der Waals surface area contributed by atoms with Crippen LogP contribution in [-0.4, -0.2) is 40.1 Å². The van der Waals surface area contributed by atoms with Crippen LogP contribution >= 0.6 is 23.2 Å². The quantitative estimate of drug-likeness (QED) is 0.850. The molecule has 0 bridgehead atoms. The third kappa shape index (κ3) is 2.76. The highest BCUT2D eigenvalue weighted by molar-refractivity contribution is 6.34. The number of pyridine rings is 1. The van der Waals surface area contributed by atoms with Gasteiger partial charge >= 0.3 is 0 Å². The van der Waals surface area contributed by atoms with E-state index in [1.165, 1.54) is 0 Å². The summed E-state index contributed by atoms with van der Waals surface area (Å²) >= 11 is 11.6. The van der Waals surface area contributed by atoms with Crippen LogP contribution in [0.15, 0.2) is 12.1 Å². The van der Waals surface area contributed by atoms with Crippen LogP contribution < -0.4 is 0 Å². The Kier molecular flexibility index (Phi) is 4.43. The molecule has 1 fully saturated rings. The fraction of sp³-hybridized carbons (Fsp3) is 0.500. The minimum Gasteiger partial charge on any atom is -0.394 e. The van der Waals surface area contributed by atoms with Crippen LogP contribution in [0.1, 0.15) is 29.6 Å². The molecule has 1 aromatic rings. The van der Waals surface area contributed by atoms with E-state index in [2.05, 4.69) is 4.98 Å². The number of hydrogen-bond donors (Lipinski definition) is 1. The number of rotatable bonds is 2. The molecule has 1 unspecified atom stereocenters. The fourth-order valence-corrected chi connectivity index (χ4v) is 2.61. The molecular weight excluding hydrogens is 275 g/mol. The Labute approximate surface area is 116 Å². The molecule has 1 N–H and O–H groups in total. The summed E-state index contributed by atoms with van der Waals surface area (Å²) in [6, 6.07) is 2.99. The highest BCUT2D eigenvalue weighted by Crippen LogP contribution is 2.23. The lowest BCUT2D eigenvalue weighted by molar-refractivity contribution is 0.0503. The summed E-state index contributed by atoms with van der Waals surface area (Å²) in [4.78, 5) is 17.9. The first-order chi connectivity index (χ1) is 8.63. The van der Waals surface area contributed by atoms with Crippen LogP contribution in [0.4, 0.5) is 0 Å². The van der Waals surface area contributed by atoms with Crippen molar-refractivity contribution in [2.45, 2.75) is 25.3 Å². The van der Waals surface area contributed by atoms with Crippen molar-refractivity contribution in [2.75, 3.05) is 13.2 Å². The molecule has 0 radical (unpaired) electrons. The van der Waals surface area contributed by atoms with Crippen molar-refractivity contribution in [3.63, 3.8) is 0 Å². The van der Waals surface area contributed by atoms with Gasteiger partial charge in [0, 0.05) is 6.54 Å². The van der Waals surface area contributed by atoms with Crippen molar-refractivity contribution < 1.29 is 9.90 Å². The summed E-state index contributed by atoms with van der Waals surface area (Å²) in [5, 5.41) is 9.67. The molecule has 18 heavy (non-hydrogen) atoms. The summed E-state index contributed by atoms with van der Waals surface area (Å²) in [6.07, 6.45) is 2.80. The average Bonchev–Trinajstić information content (AvgIpc) is 2.38. The lowest BCUT2D eigenvalue weighted by atomic mass is 10.0. The van der Waals surface area contributed by atoms with Crippen LogP contribution in [-0.2, 0) is 0 Å². The molecule has 1 aromatic heterocycles. The van der Waals surface area contributed by atoms with Gasteiger partial charge in [-0.15, -0.1) is 0 Å². The summed E-state index contributed by atoms with van der Waals surface area (Å²) in [6.45, 7) is 0.618. The van der Waals surface area contributed by atoms with E-state index in [4.69, 9.17) is 23.2 Å². The average molecular weight is 289 g/mol. The molecule has 1 atom stereocenters. The maximum atomic E-state index is 12.3. The molecule has 1 aliphatic rings. The number of aliphatic hydroxyl groups is 1. The lowest BCUT2D eigenvalue weighted by Crippen LogP contribution is -2.45. The number of halogens is 2. The van der Waals surface area contributed by atoms with Crippen molar-refractivity contribution in [1.29, 1.82) is 0 Å². The van der Waals surface area contributed by atoms with Gasteiger partial charge in [0.1, 0.15) is 10.3 Å². The smallest absolute Gasteiger partial charge is 0.257 e. The second-order valence-corrected chi connectivity index (χ2v) is 5.05. The Bertz CT molecular complexity index is 454. The zero-order valence-corrected chi connectivity index (χ0v) is 11.3. The third-order valence-electron chi connectivity index (χ3n) is 3.14. The van der Waals surface area contributed by atoms with Crippen LogP contribution in [0.3, 0.4) is 0 Å². The molecule has 0 spiro atoms. The minimum atomic E-state index is -0.192. The van der Waals surface area contributed by atoms with Crippen molar-refractivity contribution in [2.24, 2.45) is 0 Å². The molecule has 0 saturated carbocycles. The monoisotopic (exact) mass is 288 g/mol. The number of piperidine rings is 1. The summed E-state index contributed by atoms with van der Waals surface area (Å²) in [5.74, 6) is -0.192. The standard InChI is InChI=1S/C12H14Cl2N2O2/c13-10-5-4-9(11(14)15-10)12(18)16-6-2-1-3-8(16)7-17/h4-5,8,17H,1-3,6-7H2. The molecule has 98 valence electrons. The van der Waals surface area contributed by atoms with Crippen LogP contribution in [0, 0.1) is 0 Å². The molecule has 4 nitrogen and oxygen atoms in total. The van der Waals surface area contributed by atoms with Crippen LogP contribution in [0.25, 0.3) is 0 Å². The molecule has 0 aliphatic carbocycles. The summed E-state index contributed by atoms with van der Waals surface area (Å²) < 4.78 is 0. The number of hydrogen-bond acceptors (Lipinski definition) is 3. The van der Waals surface area contributed by atoms with Crippen molar-refractivity contribution in [3.05, 3.63) is 28.0 Å². The van der Waals surface area contributed by atoms with E-state index in [9.17, 15) is 9.90 Å². The van der Waals surface area contributed by atoms with E-state index in [-0.39, 0.29) is 28.9 Å². The Morgan fingerprint density at radius 1 is 1.44 bits per heavy atom. The van der Waals surface area contributed by atoms with Gasteiger partial charge in [0.25, 0.3) is 5.91 Å². The van der Waals surface area contributed by atoms with Gasteiger partial charge in [-0.05, 0) is 31.4 Å². The van der Waals surface area contributed by atoms with Gasteiger partial charge in [0.2, 0.25) is 0 Å². The highest BCUT2D eigenvalue weighted by Gasteiger charge is 2.28. The Balaban J connectivity index is 2.24. The van der Waals surface area contributed by atoms with Gasteiger partial charge in [-0.3, -0.25) is 4.79 Å². The van der Waals surface area contributed by atoms with Gasteiger partial charge < -0.3 is 10.0 Å². The maximum absolute atomic E-state index is 12.3. The molecule has 1 amide bonds. The van der Waals surface area contributed by atoms with Gasteiger partial charge in [0.15, 0.2) is 0 Å². The predicted octanol–water partition coefficient (Wildman–Crippen LogP) is 2.38. The Morgan fingerprint density at radius 3 is 2.89 bits per heavy atom. The molecule has 1 aliphatic heterocycles. The number of likely N-dealkylation sites (tertiary alicyclic amines) is 1. The van der Waals surface area contributed by atoms with Crippen LogP contribution in [0.5, 0.6) is 0 Å². The van der Waals surface area contributed by atoms with E-state index in [1.54, 1.807) is 17.0 Å². The van der Waals surface area contributed by atoms with Gasteiger partial charge in [0.05, 0.1) is 18.2 Å². The topological polar surface area (TPSA) is 53.4 Å². The normalized spacial score (nSPS) is 19.9. The molecule has 6 heteroatoms. The highest BCUT2D eigenvalue weighted by atomic mass is 35.5. The second-order valence-electron chi connectivity index (χ2n) is 4.30. The molecule has 2 heterocycles.